The molecule has 1 aliphatic rings. The fourth-order valence-corrected chi connectivity index (χ4v) is 3.77. The number of hydrogen-bond acceptors (Lipinski definition) is 4. The van der Waals surface area contributed by atoms with E-state index < -0.39 is 0 Å². The molecule has 2 aromatic carbocycles. The fraction of sp³-hybridized carbons (Fsp3) is 0.333. The summed E-state index contributed by atoms with van der Waals surface area (Å²) in [6.45, 7) is 2.73. The molecule has 0 aliphatic heterocycles. The molecule has 7 heteroatoms. The second kappa shape index (κ2) is 8.71. The van der Waals surface area contributed by atoms with Crippen LogP contribution in [0.1, 0.15) is 40.7 Å². The summed E-state index contributed by atoms with van der Waals surface area (Å²) >= 11 is 0. The monoisotopic (exact) mass is 418 g/mol. The second-order valence-corrected chi connectivity index (χ2v) is 7.99. The number of rotatable bonds is 7. The lowest BCUT2D eigenvalue weighted by atomic mass is 10.1. The van der Waals surface area contributed by atoms with Crippen molar-refractivity contribution in [2.24, 2.45) is 0 Å². The zero-order valence-corrected chi connectivity index (χ0v) is 17.8. The summed E-state index contributed by atoms with van der Waals surface area (Å²) in [5, 5.41) is 3.18. The van der Waals surface area contributed by atoms with Gasteiger partial charge in [-0.3, -0.25) is 19.0 Å². The number of hydrogen-bond donors (Lipinski definition) is 1. The summed E-state index contributed by atoms with van der Waals surface area (Å²) in [4.78, 5) is 43.8. The molecule has 1 aliphatic carbocycles. The van der Waals surface area contributed by atoms with Gasteiger partial charge in [0.2, 0.25) is 5.91 Å². The van der Waals surface area contributed by atoms with Gasteiger partial charge in [-0.15, -0.1) is 0 Å². The average Bonchev–Trinajstić information content (AvgIpc) is 3.62. The van der Waals surface area contributed by atoms with Gasteiger partial charge >= 0.3 is 0 Å². The highest BCUT2D eigenvalue weighted by Crippen LogP contribution is 2.29. The lowest BCUT2D eigenvalue weighted by molar-refractivity contribution is -0.132. The van der Waals surface area contributed by atoms with E-state index in [-0.39, 0.29) is 29.8 Å². The van der Waals surface area contributed by atoms with Gasteiger partial charge in [0.15, 0.2) is 0 Å². The standard InChI is InChI=1S/C24H26N4O3/c1-16-4-3-5-20-22(16)26-15-27(24(20)31)13-12-21(29)28(19-10-11-19)14-17-6-8-18(9-7-17)23(30)25-2/h3-9,15,19H,10-14H2,1-2H3,(H,25,30). The van der Waals surface area contributed by atoms with Crippen LogP contribution in [0.15, 0.2) is 53.6 Å². The van der Waals surface area contributed by atoms with Crippen LogP contribution in [0.3, 0.4) is 0 Å². The molecule has 0 spiro atoms. The van der Waals surface area contributed by atoms with E-state index in [9.17, 15) is 14.4 Å². The summed E-state index contributed by atoms with van der Waals surface area (Å²) in [7, 11) is 1.60. The number of nitrogens with zero attached hydrogens (tertiary/aromatic N) is 3. The second-order valence-electron chi connectivity index (χ2n) is 7.99. The molecule has 160 valence electrons. The van der Waals surface area contributed by atoms with Crippen molar-refractivity contribution in [2.45, 2.75) is 45.3 Å². The molecular formula is C24H26N4O3. The largest absolute Gasteiger partial charge is 0.355 e. The maximum absolute atomic E-state index is 13.0. The van der Waals surface area contributed by atoms with Gasteiger partial charge in [0, 0.05) is 38.2 Å². The summed E-state index contributed by atoms with van der Waals surface area (Å²) in [5.41, 5.74) is 3.11. The van der Waals surface area contributed by atoms with E-state index in [1.807, 2.05) is 36.1 Å². The summed E-state index contributed by atoms with van der Waals surface area (Å²) in [6.07, 6.45) is 3.77. The van der Waals surface area contributed by atoms with Crippen LogP contribution in [-0.4, -0.2) is 39.4 Å². The van der Waals surface area contributed by atoms with Gasteiger partial charge in [0.1, 0.15) is 0 Å². The number of aromatic nitrogens is 2. The van der Waals surface area contributed by atoms with Crippen molar-refractivity contribution in [3.8, 4) is 0 Å². The van der Waals surface area contributed by atoms with Gasteiger partial charge in [-0.25, -0.2) is 4.98 Å². The molecule has 3 aromatic rings. The first-order chi connectivity index (χ1) is 15.0. The minimum absolute atomic E-state index is 0.0223. The fourth-order valence-electron chi connectivity index (χ4n) is 3.77. The molecule has 7 nitrogen and oxygen atoms in total. The zero-order chi connectivity index (χ0) is 22.0. The van der Waals surface area contributed by atoms with Crippen LogP contribution in [0.2, 0.25) is 0 Å². The van der Waals surface area contributed by atoms with Crippen LogP contribution < -0.4 is 10.9 Å². The Hall–Kier alpha value is -3.48. The molecule has 1 aromatic heterocycles. The third kappa shape index (κ3) is 4.50. The first kappa shape index (κ1) is 20.8. The Kier molecular flexibility index (Phi) is 5.84. The Bertz CT molecular complexity index is 1180. The number of fused-ring (bicyclic) bond motifs is 1. The van der Waals surface area contributed by atoms with Gasteiger partial charge in [0.25, 0.3) is 11.5 Å². The van der Waals surface area contributed by atoms with Gasteiger partial charge in [-0.2, -0.15) is 0 Å². The van der Waals surface area contributed by atoms with E-state index in [4.69, 9.17) is 0 Å². The number of para-hydroxylation sites is 1. The summed E-state index contributed by atoms with van der Waals surface area (Å²) in [6, 6.07) is 13.1. The Morgan fingerprint density at radius 1 is 1.16 bits per heavy atom. The highest BCUT2D eigenvalue weighted by atomic mass is 16.2. The van der Waals surface area contributed by atoms with E-state index in [0.717, 1.165) is 24.0 Å². The predicted molar refractivity (Wildman–Crippen MR) is 119 cm³/mol. The molecule has 0 atom stereocenters. The summed E-state index contributed by atoms with van der Waals surface area (Å²) < 4.78 is 1.52. The van der Waals surface area contributed by atoms with E-state index in [2.05, 4.69) is 10.3 Å². The van der Waals surface area contributed by atoms with E-state index in [1.165, 1.54) is 10.9 Å². The summed E-state index contributed by atoms with van der Waals surface area (Å²) in [5.74, 6) is -0.111. The molecule has 1 N–H and O–H groups in total. The molecule has 31 heavy (non-hydrogen) atoms. The highest BCUT2D eigenvalue weighted by Gasteiger charge is 2.32. The average molecular weight is 418 g/mol. The quantitative estimate of drug-likeness (QED) is 0.639. The highest BCUT2D eigenvalue weighted by molar-refractivity contribution is 5.94. The molecule has 0 radical (unpaired) electrons. The topological polar surface area (TPSA) is 84.3 Å². The minimum atomic E-state index is -0.133. The van der Waals surface area contributed by atoms with Crippen LogP contribution >= 0.6 is 0 Å². The third-order valence-electron chi connectivity index (χ3n) is 5.73. The van der Waals surface area contributed by atoms with Crippen molar-refractivity contribution >= 4 is 22.7 Å². The zero-order valence-electron chi connectivity index (χ0n) is 17.8. The van der Waals surface area contributed by atoms with E-state index in [0.29, 0.717) is 29.6 Å². The van der Waals surface area contributed by atoms with Crippen LogP contribution in [-0.2, 0) is 17.9 Å². The molecule has 0 bridgehead atoms. The third-order valence-corrected chi connectivity index (χ3v) is 5.73. The van der Waals surface area contributed by atoms with E-state index >= 15 is 0 Å². The molecule has 1 fully saturated rings. The van der Waals surface area contributed by atoms with Crippen molar-refractivity contribution < 1.29 is 9.59 Å². The SMILES string of the molecule is CNC(=O)c1ccc(CN(C(=O)CCn2cnc3c(C)cccc3c2=O)C2CC2)cc1. The Labute approximate surface area is 180 Å². The number of carbonyl (C=O) groups excluding carboxylic acids is 2. The lowest BCUT2D eigenvalue weighted by Crippen LogP contribution is -2.34. The number of amides is 2. The van der Waals surface area contributed by atoms with Crippen LogP contribution in [0.5, 0.6) is 0 Å². The molecular weight excluding hydrogens is 392 g/mol. The lowest BCUT2D eigenvalue weighted by Gasteiger charge is -2.23. The Balaban J connectivity index is 1.45. The molecule has 0 unspecified atom stereocenters. The predicted octanol–water partition coefficient (Wildman–Crippen LogP) is 2.65. The molecule has 1 heterocycles. The number of aryl methyl sites for hydroxylation is 2. The van der Waals surface area contributed by atoms with Gasteiger partial charge in [-0.1, -0.05) is 24.3 Å². The molecule has 4 rings (SSSR count). The normalized spacial score (nSPS) is 13.2. The maximum atomic E-state index is 13.0. The molecule has 1 saturated carbocycles. The van der Waals surface area contributed by atoms with Crippen LogP contribution in [0.4, 0.5) is 0 Å². The van der Waals surface area contributed by atoms with Crippen molar-refractivity contribution in [3.05, 3.63) is 75.8 Å². The van der Waals surface area contributed by atoms with Crippen molar-refractivity contribution in [1.82, 2.24) is 19.8 Å². The van der Waals surface area contributed by atoms with Gasteiger partial charge in [0.05, 0.1) is 17.2 Å². The Morgan fingerprint density at radius 3 is 2.58 bits per heavy atom. The number of nitrogens with one attached hydrogen (secondary N) is 1. The van der Waals surface area contributed by atoms with Crippen molar-refractivity contribution in [3.63, 3.8) is 0 Å². The van der Waals surface area contributed by atoms with Crippen LogP contribution in [0, 0.1) is 6.92 Å². The first-order valence-electron chi connectivity index (χ1n) is 10.5. The van der Waals surface area contributed by atoms with Gasteiger partial charge in [-0.05, 0) is 49.1 Å². The van der Waals surface area contributed by atoms with Crippen molar-refractivity contribution in [1.29, 1.82) is 0 Å². The van der Waals surface area contributed by atoms with Crippen LogP contribution in [0.25, 0.3) is 10.9 Å². The van der Waals surface area contributed by atoms with E-state index in [1.54, 1.807) is 25.2 Å². The maximum Gasteiger partial charge on any atom is 0.261 e. The first-order valence-corrected chi connectivity index (χ1v) is 10.5. The number of benzene rings is 2. The Morgan fingerprint density at radius 2 is 1.90 bits per heavy atom. The van der Waals surface area contributed by atoms with Gasteiger partial charge < -0.3 is 10.2 Å². The van der Waals surface area contributed by atoms with Crippen molar-refractivity contribution in [2.75, 3.05) is 7.05 Å². The smallest absolute Gasteiger partial charge is 0.261 e. The minimum Gasteiger partial charge on any atom is -0.355 e. The molecule has 0 saturated heterocycles. The molecule has 2 amide bonds. The number of carbonyl (C=O) groups is 2.